The fourth-order valence-corrected chi connectivity index (χ4v) is 1.54. The van der Waals surface area contributed by atoms with Crippen molar-refractivity contribution in [3.63, 3.8) is 0 Å². The van der Waals surface area contributed by atoms with Crippen LogP contribution < -0.4 is 11.3 Å². The van der Waals surface area contributed by atoms with Crippen LogP contribution in [-0.4, -0.2) is 9.38 Å². The molecular formula is C8H6BrN3O. The van der Waals surface area contributed by atoms with Gasteiger partial charge < -0.3 is 5.73 Å². The van der Waals surface area contributed by atoms with Gasteiger partial charge in [-0.15, -0.1) is 0 Å². The van der Waals surface area contributed by atoms with E-state index >= 15 is 0 Å². The van der Waals surface area contributed by atoms with Gasteiger partial charge >= 0.3 is 0 Å². The summed E-state index contributed by atoms with van der Waals surface area (Å²) in [5.41, 5.74) is 5.81. The molecule has 13 heavy (non-hydrogen) atoms. The Morgan fingerprint density at radius 2 is 2.31 bits per heavy atom. The zero-order valence-corrected chi connectivity index (χ0v) is 8.15. The topological polar surface area (TPSA) is 60.4 Å². The van der Waals surface area contributed by atoms with Crippen molar-refractivity contribution in [3.8, 4) is 0 Å². The summed E-state index contributed by atoms with van der Waals surface area (Å²) in [6.07, 6.45) is 1.65. The highest BCUT2D eigenvalue weighted by molar-refractivity contribution is 9.10. The van der Waals surface area contributed by atoms with Gasteiger partial charge in [-0.3, -0.25) is 9.20 Å². The van der Waals surface area contributed by atoms with Crippen molar-refractivity contribution in [2.45, 2.75) is 0 Å². The zero-order valence-electron chi connectivity index (χ0n) is 6.57. The SMILES string of the molecule is Nc1cc(=O)n2cccc(Br)c2n1. The molecule has 0 unspecified atom stereocenters. The Labute approximate surface area is 82.1 Å². The number of nitrogens with two attached hydrogens (primary N) is 1. The highest BCUT2D eigenvalue weighted by atomic mass is 79.9. The Balaban J connectivity index is 3.03. The lowest BCUT2D eigenvalue weighted by molar-refractivity contribution is 1.04. The van der Waals surface area contributed by atoms with Crippen LogP contribution in [0.15, 0.2) is 33.7 Å². The average molecular weight is 240 g/mol. The van der Waals surface area contributed by atoms with E-state index in [2.05, 4.69) is 20.9 Å². The van der Waals surface area contributed by atoms with E-state index in [9.17, 15) is 4.79 Å². The first-order chi connectivity index (χ1) is 6.18. The lowest BCUT2D eigenvalue weighted by Crippen LogP contribution is -2.14. The molecule has 0 amide bonds. The van der Waals surface area contributed by atoms with Crippen LogP contribution in [0.4, 0.5) is 5.82 Å². The van der Waals surface area contributed by atoms with E-state index in [1.54, 1.807) is 18.3 Å². The second kappa shape index (κ2) is 2.85. The molecule has 0 bridgehead atoms. The number of rotatable bonds is 0. The highest BCUT2D eigenvalue weighted by Gasteiger charge is 2.01. The number of aromatic nitrogens is 2. The zero-order chi connectivity index (χ0) is 9.42. The van der Waals surface area contributed by atoms with Gasteiger partial charge in [0, 0.05) is 12.3 Å². The average Bonchev–Trinajstić information content (AvgIpc) is 2.07. The van der Waals surface area contributed by atoms with Crippen molar-refractivity contribution < 1.29 is 0 Å². The number of hydrogen-bond donors (Lipinski definition) is 1. The quantitative estimate of drug-likeness (QED) is 0.748. The van der Waals surface area contributed by atoms with Gasteiger partial charge in [-0.2, -0.15) is 0 Å². The molecule has 0 aromatic carbocycles. The van der Waals surface area contributed by atoms with Crippen molar-refractivity contribution in [2.24, 2.45) is 0 Å². The summed E-state index contributed by atoms with van der Waals surface area (Å²) < 4.78 is 2.18. The maximum atomic E-state index is 11.4. The molecule has 0 radical (unpaired) electrons. The van der Waals surface area contributed by atoms with Crippen LogP contribution in [-0.2, 0) is 0 Å². The van der Waals surface area contributed by atoms with Crippen LogP contribution in [0, 0.1) is 0 Å². The number of pyridine rings is 1. The van der Waals surface area contributed by atoms with Crippen LogP contribution in [0.1, 0.15) is 0 Å². The molecule has 2 aromatic heterocycles. The molecule has 0 aliphatic carbocycles. The summed E-state index contributed by atoms with van der Waals surface area (Å²) in [5, 5.41) is 0. The standard InChI is InChI=1S/C8H6BrN3O/c9-5-2-1-3-12-7(13)4-6(10)11-8(5)12/h1-4H,10H2. The molecule has 66 valence electrons. The largest absolute Gasteiger partial charge is 0.383 e. The van der Waals surface area contributed by atoms with Crippen molar-refractivity contribution >= 4 is 27.4 Å². The van der Waals surface area contributed by atoms with E-state index in [0.29, 0.717) is 5.65 Å². The van der Waals surface area contributed by atoms with Crippen LogP contribution in [0.5, 0.6) is 0 Å². The van der Waals surface area contributed by atoms with Gasteiger partial charge in [-0.1, -0.05) is 0 Å². The first-order valence-electron chi connectivity index (χ1n) is 3.62. The molecule has 2 heterocycles. The summed E-state index contributed by atoms with van der Waals surface area (Å²) >= 11 is 3.29. The molecule has 0 aliphatic heterocycles. The number of hydrogen-bond acceptors (Lipinski definition) is 3. The maximum Gasteiger partial charge on any atom is 0.259 e. The predicted octanol–water partition coefficient (Wildman–Crippen LogP) is 1.04. The van der Waals surface area contributed by atoms with Gasteiger partial charge in [0.15, 0.2) is 5.65 Å². The molecule has 0 aliphatic rings. The molecule has 4 nitrogen and oxygen atoms in total. The molecule has 0 fully saturated rings. The number of nitrogens with zero attached hydrogens (tertiary/aromatic N) is 2. The second-order valence-corrected chi connectivity index (χ2v) is 3.42. The van der Waals surface area contributed by atoms with Gasteiger partial charge in [-0.05, 0) is 28.1 Å². The first-order valence-corrected chi connectivity index (χ1v) is 4.41. The van der Waals surface area contributed by atoms with Gasteiger partial charge in [-0.25, -0.2) is 4.98 Å². The lowest BCUT2D eigenvalue weighted by atomic mass is 10.4. The van der Waals surface area contributed by atoms with E-state index < -0.39 is 0 Å². The molecule has 2 N–H and O–H groups in total. The second-order valence-electron chi connectivity index (χ2n) is 2.57. The number of halogens is 1. The van der Waals surface area contributed by atoms with Crippen LogP contribution in [0.25, 0.3) is 5.65 Å². The molecule has 0 atom stereocenters. The predicted molar refractivity (Wildman–Crippen MR) is 53.6 cm³/mol. The third-order valence-corrected chi connectivity index (χ3v) is 2.28. The van der Waals surface area contributed by atoms with E-state index in [-0.39, 0.29) is 11.4 Å². The number of anilines is 1. The Bertz CT molecular complexity index is 520. The van der Waals surface area contributed by atoms with Crippen molar-refractivity contribution in [3.05, 3.63) is 39.2 Å². The van der Waals surface area contributed by atoms with Crippen LogP contribution >= 0.6 is 15.9 Å². The summed E-state index contributed by atoms with van der Waals surface area (Å²) in [5.74, 6) is 0.233. The fraction of sp³-hybridized carbons (Fsp3) is 0. The minimum atomic E-state index is -0.177. The Morgan fingerprint density at radius 3 is 3.08 bits per heavy atom. The Kier molecular flexibility index (Phi) is 1.81. The van der Waals surface area contributed by atoms with E-state index in [4.69, 9.17) is 5.73 Å². The van der Waals surface area contributed by atoms with Gasteiger partial charge in [0.05, 0.1) is 4.47 Å². The minimum absolute atomic E-state index is 0.177. The monoisotopic (exact) mass is 239 g/mol. The van der Waals surface area contributed by atoms with Gasteiger partial charge in [0.1, 0.15) is 5.82 Å². The minimum Gasteiger partial charge on any atom is -0.383 e. The summed E-state index contributed by atoms with van der Waals surface area (Å²) in [6, 6.07) is 4.86. The number of fused-ring (bicyclic) bond motifs is 1. The normalized spacial score (nSPS) is 10.5. The maximum absolute atomic E-state index is 11.4. The fourth-order valence-electron chi connectivity index (χ4n) is 1.11. The number of nitrogen functional groups attached to an aromatic ring is 1. The van der Waals surface area contributed by atoms with E-state index in [1.165, 1.54) is 10.5 Å². The van der Waals surface area contributed by atoms with E-state index in [0.717, 1.165) is 4.47 Å². The lowest BCUT2D eigenvalue weighted by Gasteiger charge is -2.01. The molecule has 2 rings (SSSR count). The summed E-state index contributed by atoms with van der Waals surface area (Å²) in [6.45, 7) is 0. The highest BCUT2D eigenvalue weighted by Crippen LogP contribution is 2.14. The van der Waals surface area contributed by atoms with Crippen molar-refractivity contribution in [2.75, 3.05) is 5.73 Å². The smallest absolute Gasteiger partial charge is 0.259 e. The van der Waals surface area contributed by atoms with Crippen molar-refractivity contribution in [1.82, 2.24) is 9.38 Å². The Morgan fingerprint density at radius 1 is 1.54 bits per heavy atom. The molecular weight excluding hydrogens is 234 g/mol. The van der Waals surface area contributed by atoms with Gasteiger partial charge in [0.25, 0.3) is 5.56 Å². The third kappa shape index (κ3) is 1.31. The molecule has 2 aromatic rings. The summed E-state index contributed by atoms with van der Waals surface area (Å²) in [7, 11) is 0. The molecule has 0 saturated carbocycles. The first kappa shape index (κ1) is 8.25. The van der Waals surface area contributed by atoms with E-state index in [1.807, 2.05) is 0 Å². The molecule has 0 spiro atoms. The van der Waals surface area contributed by atoms with Gasteiger partial charge in [0.2, 0.25) is 0 Å². The Hall–Kier alpha value is -1.36. The van der Waals surface area contributed by atoms with Crippen LogP contribution in [0.3, 0.4) is 0 Å². The van der Waals surface area contributed by atoms with Crippen molar-refractivity contribution in [1.29, 1.82) is 0 Å². The summed E-state index contributed by atoms with van der Waals surface area (Å²) in [4.78, 5) is 15.4. The van der Waals surface area contributed by atoms with Crippen LogP contribution in [0.2, 0.25) is 0 Å². The molecule has 0 saturated heterocycles. The molecule has 5 heteroatoms. The third-order valence-electron chi connectivity index (χ3n) is 1.66.